The monoisotopic (exact) mass is 253 g/mol. The maximum atomic E-state index is 8.88. The predicted octanol–water partition coefficient (Wildman–Crippen LogP) is 2.03. The lowest BCUT2D eigenvalue weighted by atomic mass is 9.96. The molecule has 2 unspecified atom stereocenters. The van der Waals surface area contributed by atoms with Crippen molar-refractivity contribution in [2.24, 2.45) is 11.1 Å². The van der Waals surface area contributed by atoms with E-state index in [1.165, 1.54) is 38.8 Å². The number of hydrogen-bond acceptors (Lipinski definition) is 4. The lowest BCUT2D eigenvalue weighted by molar-refractivity contribution is 0.148. The minimum atomic E-state index is 0.410. The highest BCUT2D eigenvalue weighted by Gasteiger charge is 2.24. The summed E-state index contributed by atoms with van der Waals surface area (Å²) in [4.78, 5) is 5.05. The topological polar surface area (TPSA) is 39.1 Å². The normalized spacial score (nSPS) is 34.0. The number of rotatable bonds is 3. The van der Waals surface area contributed by atoms with Crippen LogP contribution in [0, 0.1) is 5.92 Å². The summed E-state index contributed by atoms with van der Waals surface area (Å²) >= 11 is 0. The quantitative estimate of drug-likeness (QED) is 0.618. The number of oxime groups is 1. The Morgan fingerprint density at radius 3 is 2.83 bits per heavy atom. The lowest BCUT2D eigenvalue weighted by Crippen LogP contribution is -2.43. The van der Waals surface area contributed by atoms with Crippen LogP contribution in [0.1, 0.15) is 39.0 Å². The second kappa shape index (κ2) is 6.53. The molecule has 0 spiro atoms. The highest BCUT2D eigenvalue weighted by Crippen LogP contribution is 2.20. The highest BCUT2D eigenvalue weighted by molar-refractivity contribution is 5.86. The molecule has 0 saturated carbocycles. The van der Waals surface area contributed by atoms with E-state index >= 15 is 0 Å². The molecule has 2 rings (SSSR count). The van der Waals surface area contributed by atoms with Gasteiger partial charge in [-0.15, -0.1) is 0 Å². The fourth-order valence-corrected chi connectivity index (χ4v) is 3.30. The smallest absolute Gasteiger partial charge is 0.0624 e. The van der Waals surface area contributed by atoms with Gasteiger partial charge in [-0.05, 0) is 39.4 Å². The molecule has 2 fully saturated rings. The average Bonchev–Trinajstić information content (AvgIpc) is 2.38. The molecule has 0 aromatic heterocycles. The zero-order valence-corrected chi connectivity index (χ0v) is 11.8. The summed E-state index contributed by atoms with van der Waals surface area (Å²) in [6, 6.07) is 0.780. The van der Waals surface area contributed by atoms with Gasteiger partial charge in [0.15, 0.2) is 0 Å². The molecular formula is C14H27N3O. The van der Waals surface area contributed by atoms with E-state index in [1.807, 2.05) is 0 Å². The Morgan fingerprint density at radius 2 is 2.17 bits per heavy atom. The van der Waals surface area contributed by atoms with Crippen LogP contribution in [-0.2, 0) is 0 Å². The minimum absolute atomic E-state index is 0.410. The number of nitrogens with zero attached hydrogens (tertiary/aromatic N) is 3. The predicted molar refractivity (Wildman–Crippen MR) is 74.3 cm³/mol. The van der Waals surface area contributed by atoms with Crippen LogP contribution in [0.3, 0.4) is 0 Å². The summed E-state index contributed by atoms with van der Waals surface area (Å²) in [5.74, 6) is 0.410. The Balaban J connectivity index is 1.74. The molecule has 0 aromatic rings. The molecular weight excluding hydrogens is 226 g/mol. The second-order valence-electron chi connectivity index (χ2n) is 5.96. The highest BCUT2D eigenvalue weighted by atomic mass is 16.4. The number of likely N-dealkylation sites (tertiary alicyclic amines) is 2. The van der Waals surface area contributed by atoms with Gasteiger partial charge in [-0.1, -0.05) is 18.5 Å². The van der Waals surface area contributed by atoms with Crippen LogP contribution in [0.2, 0.25) is 0 Å². The fraction of sp³-hybridized carbons (Fsp3) is 0.929. The fourth-order valence-electron chi connectivity index (χ4n) is 3.30. The van der Waals surface area contributed by atoms with Gasteiger partial charge >= 0.3 is 0 Å². The molecule has 0 bridgehead atoms. The van der Waals surface area contributed by atoms with E-state index in [2.05, 4.69) is 28.9 Å². The van der Waals surface area contributed by atoms with Crippen molar-refractivity contribution in [1.29, 1.82) is 0 Å². The third-order valence-electron chi connectivity index (χ3n) is 4.61. The second-order valence-corrected chi connectivity index (χ2v) is 5.96. The van der Waals surface area contributed by atoms with Crippen molar-refractivity contribution in [2.45, 2.75) is 45.1 Å². The van der Waals surface area contributed by atoms with Gasteiger partial charge in [0.2, 0.25) is 0 Å². The Kier molecular flexibility index (Phi) is 5.01. The van der Waals surface area contributed by atoms with Crippen LogP contribution in [0.25, 0.3) is 0 Å². The zero-order valence-electron chi connectivity index (χ0n) is 11.8. The number of piperidine rings is 2. The number of hydrogen-bond donors (Lipinski definition) is 1. The van der Waals surface area contributed by atoms with Crippen molar-refractivity contribution in [3.05, 3.63) is 0 Å². The lowest BCUT2D eigenvalue weighted by Gasteiger charge is -2.36. The summed E-state index contributed by atoms with van der Waals surface area (Å²) in [6.07, 6.45) is 6.34. The first-order valence-electron chi connectivity index (χ1n) is 7.34. The van der Waals surface area contributed by atoms with E-state index in [1.54, 1.807) is 0 Å². The van der Waals surface area contributed by atoms with Gasteiger partial charge in [0, 0.05) is 31.5 Å². The van der Waals surface area contributed by atoms with E-state index in [9.17, 15) is 0 Å². The molecule has 2 heterocycles. The first kappa shape index (κ1) is 13.8. The van der Waals surface area contributed by atoms with Gasteiger partial charge in [-0.3, -0.25) is 0 Å². The molecule has 4 nitrogen and oxygen atoms in total. The maximum absolute atomic E-state index is 8.88. The Hall–Kier alpha value is -0.610. The molecule has 18 heavy (non-hydrogen) atoms. The van der Waals surface area contributed by atoms with E-state index in [0.29, 0.717) is 5.92 Å². The summed E-state index contributed by atoms with van der Waals surface area (Å²) in [5, 5.41) is 12.3. The molecule has 104 valence electrons. The average molecular weight is 253 g/mol. The molecule has 1 N–H and O–H groups in total. The van der Waals surface area contributed by atoms with E-state index in [-0.39, 0.29) is 0 Å². The molecule has 0 aliphatic carbocycles. The first-order chi connectivity index (χ1) is 8.70. The summed E-state index contributed by atoms with van der Waals surface area (Å²) in [5.41, 5.74) is 0.973. The van der Waals surface area contributed by atoms with Gasteiger partial charge < -0.3 is 15.0 Å². The van der Waals surface area contributed by atoms with Crippen molar-refractivity contribution in [2.75, 3.05) is 33.2 Å². The standard InChI is InChI=1S/C14H27N3O/c1-12-11-17(10-7-14(12)15-18)9-6-13-5-3-4-8-16(13)2/h12-13,18H,3-11H2,1-2H3. The summed E-state index contributed by atoms with van der Waals surface area (Å²) < 4.78 is 0. The zero-order chi connectivity index (χ0) is 13.0. The van der Waals surface area contributed by atoms with Gasteiger partial charge in [-0.2, -0.15) is 0 Å². The molecule has 0 radical (unpaired) electrons. The summed E-state index contributed by atoms with van der Waals surface area (Å²) in [6.45, 7) is 6.73. The third-order valence-corrected chi connectivity index (χ3v) is 4.61. The van der Waals surface area contributed by atoms with Crippen LogP contribution < -0.4 is 0 Å². The van der Waals surface area contributed by atoms with E-state index in [0.717, 1.165) is 31.3 Å². The molecule has 2 aliphatic heterocycles. The van der Waals surface area contributed by atoms with Crippen LogP contribution >= 0.6 is 0 Å². The molecule has 2 aliphatic rings. The van der Waals surface area contributed by atoms with Gasteiger partial charge in [0.05, 0.1) is 5.71 Å². The van der Waals surface area contributed by atoms with E-state index in [4.69, 9.17) is 5.21 Å². The van der Waals surface area contributed by atoms with Crippen molar-refractivity contribution in [1.82, 2.24) is 9.80 Å². The van der Waals surface area contributed by atoms with Crippen molar-refractivity contribution < 1.29 is 5.21 Å². The van der Waals surface area contributed by atoms with Crippen LogP contribution in [0.5, 0.6) is 0 Å². The molecule has 2 atom stereocenters. The molecule has 0 amide bonds. The van der Waals surface area contributed by atoms with Crippen molar-refractivity contribution in [3.8, 4) is 0 Å². The van der Waals surface area contributed by atoms with Gasteiger partial charge in [0.1, 0.15) is 0 Å². The molecule has 0 aromatic carbocycles. The largest absolute Gasteiger partial charge is 0.411 e. The van der Waals surface area contributed by atoms with Gasteiger partial charge in [-0.25, -0.2) is 0 Å². The third kappa shape index (κ3) is 3.45. The molecule has 4 heteroatoms. The van der Waals surface area contributed by atoms with Crippen LogP contribution in [0.4, 0.5) is 0 Å². The Morgan fingerprint density at radius 1 is 1.33 bits per heavy atom. The van der Waals surface area contributed by atoms with Crippen LogP contribution in [0.15, 0.2) is 5.16 Å². The van der Waals surface area contributed by atoms with Gasteiger partial charge in [0.25, 0.3) is 0 Å². The SMILES string of the molecule is CC1CN(CCC2CCCCN2C)CCC1=NO. The Labute approximate surface area is 111 Å². The Bertz CT molecular complexity index is 293. The summed E-state index contributed by atoms with van der Waals surface area (Å²) in [7, 11) is 2.26. The van der Waals surface area contributed by atoms with E-state index < -0.39 is 0 Å². The van der Waals surface area contributed by atoms with Crippen LogP contribution in [-0.4, -0.2) is 60.0 Å². The maximum Gasteiger partial charge on any atom is 0.0624 e. The van der Waals surface area contributed by atoms with Crippen molar-refractivity contribution in [3.63, 3.8) is 0 Å². The molecule has 2 saturated heterocycles. The first-order valence-corrected chi connectivity index (χ1v) is 7.34. The van der Waals surface area contributed by atoms with Crippen molar-refractivity contribution >= 4 is 5.71 Å². The minimum Gasteiger partial charge on any atom is -0.411 e.